The number of ether oxygens (including phenoxy) is 1. The van der Waals surface area contributed by atoms with Gasteiger partial charge >= 0.3 is 0 Å². The second kappa shape index (κ2) is 5.97. The Morgan fingerprint density at radius 2 is 2.37 bits per heavy atom. The Morgan fingerprint density at radius 3 is 2.95 bits per heavy atom. The number of carbonyl (C=O) groups excluding carboxylic acids is 1. The molecule has 102 valence electrons. The molecule has 1 fully saturated rings. The molecule has 0 unspecified atom stereocenters. The van der Waals surface area contributed by atoms with Gasteiger partial charge in [0.25, 0.3) is 5.91 Å². The van der Waals surface area contributed by atoms with Crippen LogP contribution in [-0.4, -0.2) is 40.5 Å². The summed E-state index contributed by atoms with van der Waals surface area (Å²) in [5.41, 5.74) is 6.05. The molecule has 0 aliphatic heterocycles. The van der Waals surface area contributed by atoms with Gasteiger partial charge in [-0.2, -0.15) is 0 Å². The maximum absolute atomic E-state index is 12.6. The predicted octanol–water partition coefficient (Wildman–Crippen LogP) is 1.37. The van der Waals surface area contributed by atoms with Crippen LogP contribution in [0.1, 0.15) is 29.6 Å². The van der Waals surface area contributed by atoms with Crippen molar-refractivity contribution in [2.24, 2.45) is 5.73 Å². The van der Waals surface area contributed by atoms with E-state index in [2.05, 4.69) is 4.98 Å². The molecule has 0 aromatic carbocycles. The van der Waals surface area contributed by atoms with Gasteiger partial charge in [0, 0.05) is 25.2 Å². The van der Waals surface area contributed by atoms with E-state index in [1.807, 2.05) is 4.90 Å². The SMILES string of the molecule is COc1cnccc1C(=O)N(CCC(N)=S)C1CC1. The van der Waals surface area contributed by atoms with Crippen LogP contribution in [0.15, 0.2) is 18.5 Å². The molecule has 1 heterocycles. The number of nitrogens with two attached hydrogens (primary N) is 1. The largest absolute Gasteiger partial charge is 0.494 e. The zero-order valence-corrected chi connectivity index (χ0v) is 11.7. The number of carbonyl (C=O) groups is 1. The molecular weight excluding hydrogens is 262 g/mol. The van der Waals surface area contributed by atoms with Gasteiger partial charge in [-0.25, -0.2) is 0 Å². The highest BCUT2D eigenvalue weighted by Crippen LogP contribution is 2.30. The average Bonchev–Trinajstić information content (AvgIpc) is 3.23. The first-order valence-corrected chi connectivity index (χ1v) is 6.61. The third-order valence-corrected chi connectivity index (χ3v) is 3.29. The van der Waals surface area contributed by atoms with E-state index in [9.17, 15) is 4.79 Å². The lowest BCUT2D eigenvalue weighted by Gasteiger charge is -2.23. The minimum Gasteiger partial charge on any atom is -0.494 e. The van der Waals surface area contributed by atoms with Crippen molar-refractivity contribution in [3.8, 4) is 5.75 Å². The Kier molecular flexibility index (Phi) is 4.31. The van der Waals surface area contributed by atoms with E-state index < -0.39 is 0 Å². The maximum Gasteiger partial charge on any atom is 0.257 e. The number of hydrogen-bond donors (Lipinski definition) is 1. The van der Waals surface area contributed by atoms with Crippen molar-refractivity contribution >= 4 is 23.1 Å². The van der Waals surface area contributed by atoms with Crippen LogP contribution in [0.25, 0.3) is 0 Å². The van der Waals surface area contributed by atoms with Crippen LogP contribution in [0.2, 0.25) is 0 Å². The normalized spacial score (nSPS) is 13.9. The fraction of sp³-hybridized carbons (Fsp3) is 0.462. The molecule has 1 amide bonds. The molecule has 19 heavy (non-hydrogen) atoms. The second-order valence-electron chi connectivity index (χ2n) is 4.52. The second-order valence-corrected chi connectivity index (χ2v) is 5.05. The van der Waals surface area contributed by atoms with E-state index in [0.717, 1.165) is 12.8 Å². The molecule has 2 rings (SSSR count). The molecule has 0 saturated heterocycles. The molecule has 6 heteroatoms. The number of hydrogen-bond acceptors (Lipinski definition) is 4. The van der Waals surface area contributed by atoms with Crippen molar-refractivity contribution in [2.45, 2.75) is 25.3 Å². The van der Waals surface area contributed by atoms with E-state index in [-0.39, 0.29) is 5.91 Å². The van der Waals surface area contributed by atoms with Crippen LogP contribution in [0.4, 0.5) is 0 Å². The standard InChI is InChI=1S/C13H17N3O2S/c1-18-11-8-15-6-4-10(11)13(17)16(9-2-3-9)7-5-12(14)19/h4,6,8-9H,2-3,5,7H2,1H3,(H2,14,19). The van der Waals surface area contributed by atoms with Crippen LogP contribution < -0.4 is 10.5 Å². The van der Waals surface area contributed by atoms with Crippen molar-refractivity contribution < 1.29 is 9.53 Å². The monoisotopic (exact) mass is 279 g/mol. The number of pyridine rings is 1. The predicted molar refractivity (Wildman–Crippen MR) is 76.2 cm³/mol. The number of nitrogens with zero attached hydrogens (tertiary/aromatic N) is 2. The van der Waals surface area contributed by atoms with Crippen LogP contribution in [0.5, 0.6) is 5.75 Å². The van der Waals surface area contributed by atoms with Crippen molar-refractivity contribution in [2.75, 3.05) is 13.7 Å². The van der Waals surface area contributed by atoms with Crippen molar-refractivity contribution in [1.29, 1.82) is 0 Å². The topological polar surface area (TPSA) is 68.5 Å². The van der Waals surface area contributed by atoms with Crippen LogP contribution in [0, 0.1) is 0 Å². The fourth-order valence-corrected chi connectivity index (χ4v) is 2.03. The van der Waals surface area contributed by atoms with Crippen LogP contribution in [0.3, 0.4) is 0 Å². The summed E-state index contributed by atoms with van der Waals surface area (Å²) in [6.07, 6.45) is 5.76. The summed E-state index contributed by atoms with van der Waals surface area (Å²) in [6.45, 7) is 0.560. The van der Waals surface area contributed by atoms with Crippen molar-refractivity contribution in [3.63, 3.8) is 0 Å². The Hall–Kier alpha value is -1.69. The molecule has 1 aliphatic carbocycles. The average molecular weight is 279 g/mol. The third kappa shape index (κ3) is 3.41. The Balaban J connectivity index is 2.16. The molecule has 1 saturated carbocycles. The van der Waals surface area contributed by atoms with Gasteiger partial charge in [0.1, 0.15) is 5.75 Å². The van der Waals surface area contributed by atoms with E-state index in [4.69, 9.17) is 22.7 Å². The first-order valence-electron chi connectivity index (χ1n) is 6.20. The molecule has 0 spiro atoms. The van der Waals surface area contributed by atoms with E-state index >= 15 is 0 Å². The Morgan fingerprint density at radius 1 is 1.63 bits per heavy atom. The summed E-state index contributed by atoms with van der Waals surface area (Å²) in [5, 5.41) is 0. The van der Waals surface area contributed by atoms with Crippen LogP contribution in [-0.2, 0) is 0 Å². The summed E-state index contributed by atoms with van der Waals surface area (Å²) in [6, 6.07) is 1.98. The molecule has 0 bridgehead atoms. The summed E-state index contributed by atoms with van der Waals surface area (Å²) in [7, 11) is 1.53. The molecule has 2 N–H and O–H groups in total. The summed E-state index contributed by atoms with van der Waals surface area (Å²) >= 11 is 4.88. The van der Waals surface area contributed by atoms with Gasteiger partial charge in [-0.05, 0) is 18.9 Å². The molecule has 1 aliphatic rings. The minimum atomic E-state index is -0.0435. The van der Waals surface area contributed by atoms with Gasteiger partial charge in [0.05, 0.1) is 23.9 Å². The fourth-order valence-electron chi connectivity index (χ4n) is 1.94. The number of aromatic nitrogens is 1. The lowest BCUT2D eigenvalue weighted by Crippen LogP contribution is -2.35. The van der Waals surface area contributed by atoms with Gasteiger partial charge in [0.15, 0.2) is 0 Å². The Labute approximate surface area is 117 Å². The van der Waals surface area contributed by atoms with E-state index in [1.54, 1.807) is 18.5 Å². The number of rotatable bonds is 6. The minimum absolute atomic E-state index is 0.0435. The quantitative estimate of drug-likeness (QED) is 0.797. The summed E-state index contributed by atoms with van der Waals surface area (Å²) < 4.78 is 5.18. The first-order chi connectivity index (χ1) is 9.13. The number of methoxy groups -OCH3 is 1. The smallest absolute Gasteiger partial charge is 0.257 e. The van der Waals surface area contributed by atoms with Crippen molar-refractivity contribution in [3.05, 3.63) is 24.0 Å². The lowest BCUT2D eigenvalue weighted by molar-refractivity contribution is 0.0744. The van der Waals surface area contributed by atoms with Crippen molar-refractivity contribution in [1.82, 2.24) is 9.88 Å². The van der Waals surface area contributed by atoms with E-state index in [0.29, 0.717) is 35.3 Å². The molecular formula is C13H17N3O2S. The summed E-state index contributed by atoms with van der Waals surface area (Å²) in [5.74, 6) is 0.450. The lowest BCUT2D eigenvalue weighted by atomic mass is 10.2. The van der Waals surface area contributed by atoms with Crippen LogP contribution >= 0.6 is 12.2 Å². The highest BCUT2D eigenvalue weighted by Gasteiger charge is 2.33. The molecule has 0 radical (unpaired) electrons. The molecule has 1 aromatic heterocycles. The first kappa shape index (κ1) is 13.7. The Bertz CT molecular complexity index is 489. The number of amides is 1. The van der Waals surface area contributed by atoms with Gasteiger partial charge in [-0.1, -0.05) is 12.2 Å². The van der Waals surface area contributed by atoms with E-state index in [1.165, 1.54) is 7.11 Å². The van der Waals surface area contributed by atoms with Gasteiger partial charge in [-0.3, -0.25) is 9.78 Å². The zero-order valence-electron chi connectivity index (χ0n) is 10.8. The van der Waals surface area contributed by atoms with Gasteiger partial charge < -0.3 is 15.4 Å². The highest BCUT2D eigenvalue weighted by atomic mass is 32.1. The molecule has 5 nitrogen and oxygen atoms in total. The number of thiocarbonyl (C=S) groups is 1. The molecule has 0 atom stereocenters. The summed E-state index contributed by atoms with van der Waals surface area (Å²) in [4.78, 5) is 18.8. The highest BCUT2D eigenvalue weighted by molar-refractivity contribution is 7.80. The van der Waals surface area contributed by atoms with Gasteiger partial charge in [0.2, 0.25) is 0 Å². The third-order valence-electron chi connectivity index (χ3n) is 3.08. The van der Waals surface area contributed by atoms with Gasteiger partial charge in [-0.15, -0.1) is 0 Å². The maximum atomic E-state index is 12.6. The zero-order chi connectivity index (χ0) is 13.8. The molecule has 1 aromatic rings.